The smallest absolute Gasteiger partial charge is 0.305 e. The molecule has 3 aromatic rings. The second-order valence-corrected chi connectivity index (χ2v) is 9.26. The Bertz CT molecular complexity index is 1300. The Balaban J connectivity index is 1.63. The van der Waals surface area contributed by atoms with Gasteiger partial charge in [-0.25, -0.2) is 4.90 Å². The topological polar surface area (TPSA) is 134 Å². The number of hydrogen-bond acceptors (Lipinski definition) is 8. The van der Waals surface area contributed by atoms with Gasteiger partial charge in [-0.3, -0.25) is 24.5 Å². The average Bonchev–Trinajstić information content (AvgIpc) is 3.23. The van der Waals surface area contributed by atoms with Crippen LogP contribution in [0.2, 0.25) is 0 Å². The molecule has 11 heteroatoms. The number of carbonyl (C=O) groups is 2. The average molecular weight is 455 g/mol. The van der Waals surface area contributed by atoms with E-state index in [2.05, 4.69) is 4.98 Å². The number of fused-ring (bicyclic) bond motifs is 2. The summed E-state index contributed by atoms with van der Waals surface area (Å²) in [6.45, 7) is 0. The molecule has 1 saturated heterocycles. The molecule has 0 aliphatic carbocycles. The van der Waals surface area contributed by atoms with Gasteiger partial charge in [-0.1, -0.05) is 41.3 Å². The second kappa shape index (κ2) is 7.06. The number of benzene rings is 2. The summed E-state index contributed by atoms with van der Waals surface area (Å²) in [6, 6.07) is 11.7. The molecule has 2 aliphatic heterocycles. The number of H-pyrrole nitrogens is 1. The van der Waals surface area contributed by atoms with Gasteiger partial charge in [0, 0.05) is 28.5 Å². The number of nitro groups is 1. The van der Waals surface area contributed by atoms with Crippen LogP contribution in [0, 0.1) is 16.0 Å². The van der Waals surface area contributed by atoms with Crippen LogP contribution in [0.15, 0.2) is 58.4 Å². The lowest BCUT2D eigenvalue weighted by Crippen LogP contribution is -2.32. The standard InChI is InChI=1S/C20H13N3O6S2/c24-12-4-2-1-3-11(12)13-14-16(30-17-15(13)31-20(27)21-17)19(26)22(18(14)25)9-5-7-10(8-6-9)23(28)29/h1-8,13-14,16,24H,(H,21,27)/t13-,14?,16?/m1/s1. The molecule has 2 unspecified atom stereocenters. The first kappa shape index (κ1) is 19.5. The summed E-state index contributed by atoms with van der Waals surface area (Å²) in [6.07, 6.45) is 0. The number of rotatable bonds is 3. The maximum absolute atomic E-state index is 13.5. The third-order valence-corrected chi connectivity index (χ3v) is 7.82. The predicted octanol–water partition coefficient (Wildman–Crippen LogP) is 2.85. The van der Waals surface area contributed by atoms with Crippen LogP contribution in [-0.2, 0) is 9.59 Å². The maximum Gasteiger partial charge on any atom is 0.305 e. The predicted molar refractivity (Wildman–Crippen MR) is 114 cm³/mol. The van der Waals surface area contributed by atoms with Crippen molar-refractivity contribution in [2.24, 2.45) is 5.92 Å². The summed E-state index contributed by atoms with van der Waals surface area (Å²) >= 11 is 2.08. The number of aromatic hydroxyl groups is 1. The summed E-state index contributed by atoms with van der Waals surface area (Å²) in [4.78, 5) is 53.2. The molecule has 2 aliphatic rings. The Morgan fingerprint density at radius 1 is 1.03 bits per heavy atom. The molecule has 0 radical (unpaired) electrons. The fourth-order valence-corrected chi connectivity index (χ4v) is 6.59. The van der Waals surface area contributed by atoms with Gasteiger partial charge < -0.3 is 10.1 Å². The van der Waals surface area contributed by atoms with Gasteiger partial charge in [-0.2, -0.15) is 0 Å². The fraction of sp³-hybridized carbons (Fsp3) is 0.150. The number of aromatic nitrogens is 1. The number of carbonyl (C=O) groups excluding carboxylic acids is 2. The number of nitrogens with zero attached hydrogens (tertiary/aromatic N) is 2. The third-order valence-electron chi connectivity index (χ3n) is 5.41. The first-order valence-electron chi connectivity index (χ1n) is 9.16. The van der Waals surface area contributed by atoms with E-state index < -0.39 is 33.8 Å². The Kier molecular flexibility index (Phi) is 4.45. The lowest BCUT2D eigenvalue weighted by molar-refractivity contribution is -0.384. The fourth-order valence-electron chi connectivity index (χ4n) is 4.08. The van der Waals surface area contributed by atoms with Gasteiger partial charge in [0.1, 0.15) is 11.0 Å². The lowest BCUT2D eigenvalue weighted by atomic mass is 9.82. The number of nitro benzene ring substituents is 1. The molecular formula is C20H13N3O6S2. The van der Waals surface area contributed by atoms with Gasteiger partial charge in [-0.05, 0) is 18.2 Å². The van der Waals surface area contributed by atoms with Crippen molar-refractivity contribution in [3.8, 4) is 5.75 Å². The van der Waals surface area contributed by atoms with Crippen LogP contribution in [-0.4, -0.2) is 32.1 Å². The first-order valence-corrected chi connectivity index (χ1v) is 10.9. The summed E-state index contributed by atoms with van der Waals surface area (Å²) in [5.74, 6) is -2.48. The minimum absolute atomic E-state index is 0.0287. The molecule has 3 heterocycles. The van der Waals surface area contributed by atoms with Gasteiger partial charge in [0.15, 0.2) is 0 Å². The van der Waals surface area contributed by atoms with Crippen LogP contribution in [0.25, 0.3) is 0 Å². The van der Waals surface area contributed by atoms with Crippen LogP contribution >= 0.6 is 23.1 Å². The van der Waals surface area contributed by atoms with Crippen LogP contribution in [0.4, 0.5) is 11.4 Å². The number of imide groups is 1. The van der Waals surface area contributed by atoms with E-state index in [4.69, 9.17) is 0 Å². The van der Waals surface area contributed by atoms with E-state index in [0.29, 0.717) is 15.5 Å². The molecule has 0 bridgehead atoms. The number of amides is 2. The van der Waals surface area contributed by atoms with Crippen molar-refractivity contribution in [1.29, 1.82) is 0 Å². The van der Waals surface area contributed by atoms with Crippen molar-refractivity contribution in [3.05, 3.63) is 78.8 Å². The number of thioether (sulfide) groups is 1. The van der Waals surface area contributed by atoms with Gasteiger partial charge >= 0.3 is 4.87 Å². The van der Waals surface area contributed by atoms with E-state index in [1.807, 2.05) is 0 Å². The van der Waals surface area contributed by atoms with E-state index in [0.717, 1.165) is 28.0 Å². The molecule has 3 atom stereocenters. The molecule has 0 spiro atoms. The molecular weight excluding hydrogens is 442 g/mol. The third kappa shape index (κ3) is 2.96. The SMILES string of the molecule is O=C1C2Sc3[nH]c(=O)sc3[C@H](c3ccccc3O)C2C(=O)N1c1ccc([N+](=O)[O-])cc1. The van der Waals surface area contributed by atoms with Gasteiger partial charge in [-0.15, -0.1) is 0 Å². The van der Waals surface area contributed by atoms with E-state index in [9.17, 15) is 29.6 Å². The lowest BCUT2D eigenvalue weighted by Gasteiger charge is -2.30. The van der Waals surface area contributed by atoms with Crippen molar-refractivity contribution in [3.63, 3.8) is 0 Å². The highest BCUT2D eigenvalue weighted by atomic mass is 32.2. The Morgan fingerprint density at radius 2 is 1.74 bits per heavy atom. The molecule has 2 amide bonds. The molecule has 1 aromatic heterocycles. The van der Waals surface area contributed by atoms with Crippen LogP contribution in [0.3, 0.4) is 0 Å². The van der Waals surface area contributed by atoms with E-state index >= 15 is 0 Å². The second-order valence-electron chi connectivity index (χ2n) is 7.09. The molecule has 156 valence electrons. The molecule has 31 heavy (non-hydrogen) atoms. The normalized spacial score (nSPS) is 22.3. The zero-order valence-corrected chi connectivity index (χ0v) is 17.2. The van der Waals surface area contributed by atoms with Crippen molar-refractivity contribution in [2.75, 3.05) is 4.90 Å². The minimum Gasteiger partial charge on any atom is -0.508 e. The summed E-state index contributed by atoms with van der Waals surface area (Å²) in [5.41, 5.74) is 0.547. The Labute approximate surface area is 182 Å². The molecule has 9 nitrogen and oxygen atoms in total. The maximum atomic E-state index is 13.5. The van der Waals surface area contributed by atoms with Gasteiger partial charge in [0.25, 0.3) is 5.69 Å². The highest BCUT2D eigenvalue weighted by Gasteiger charge is 2.56. The number of phenols is 1. The zero-order chi connectivity index (χ0) is 21.9. The Hall–Kier alpha value is -3.44. The van der Waals surface area contributed by atoms with E-state index in [1.165, 1.54) is 30.3 Å². The molecule has 1 fully saturated rings. The molecule has 0 saturated carbocycles. The highest BCUT2D eigenvalue weighted by Crippen LogP contribution is 2.54. The van der Waals surface area contributed by atoms with Crippen molar-refractivity contribution < 1.29 is 19.6 Å². The molecule has 2 N–H and O–H groups in total. The number of anilines is 1. The Morgan fingerprint density at radius 3 is 2.42 bits per heavy atom. The monoisotopic (exact) mass is 455 g/mol. The number of hydrogen-bond donors (Lipinski definition) is 2. The minimum atomic E-state index is -0.833. The van der Waals surface area contributed by atoms with E-state index in [1.54, 1.807) is 18.2 Å². The molecule has 2 aromatic carbocycles. The largest absolute Gasteiger partial charge is 0.508 e. The number of thiazole rings is 1. The zero-order valence-electron chi connectivity index (χ0n) is 15.6. The van der Waals surface area contributed by atoms with Crippen LogP contribution in [0.5, 0.6) is 5.75 Å². The summed E-state index contributed by atoms with van der Waals surface area (Å²) in [5, 5.41) is 21.1. The number of non-ortho nitro benzene ring substituents is 1. The summed E-state index contributed by atoms with van der Waals surface area (Å²) in [7, 11) is 0. The quantitative estimate of drug-likeness (QED) is 0.352. The number of aromatic amines is 1. The summed E-state index contributed by atoms with van der Waals surface area (Å²) < 4.78 is 0. The van der Waals surface area contributed by atoms with Crippen molar-refractivity contribution in [1.82, 2.24) is 4.98 Å². The van der Waals surface area contributed by atoms with E-state index in [-0.39, 0.29) is 22.0 Å². The molecule has 5 rings (SSSR count). The number of phenolic OH excluding ortho intramolecular Hbond substituents is 1. The van der Waals surface area contributed by atoms with Crippen LogP contribution < -0.4 is 9.77 Å². The highest BCUT2D eigenvalue weighted by molar-refractivity contribution is 8.00. The van der Waals surface area contributed by atoms with Gasteiger partial charge in [0.2, 0.25) is 11.8 Å². The van der Waals surface area contributed by atoms with Gasteiger partial charge in [0.05, 0.1) is 21.6 Å². The van der Waals surface area contributed by atoms with Crippen molar-refractivity contribution in [2.45, 2.75) is 16.2 Å². The van der Waals surface area contributed by atoms with Crippen LogP contribution in [0.1, 0.15) is 16.4 Å². The number of para-hydroxylation sites is 1. The first-order chi connectivity index (χ1) is 14.9. The van der Waals surface area contributed by atoms with Crippen molar-refractivity contribution >= 4 is 46.3 Å². The number of nitrogens with one attached hydrogen (secondary N) is 1.